The second-order valence-electron chi connectivity index (χ2n) is 10.9. The molecule has 2 aliphatic heterocycles. The first-order valence-corrected chi connectivity index (χ1v) is 11.7. The first kappa shape index (κ1) is 19.5. The number of rotatable bonds is 5. The third-order valence-electron chi connectivity index (χ3n) is 8.29. The van der Waals surface area contributed by atoms with Gasteiger partial charge in [0, 0.05) is 55.4 Å². The van der Waals surface area contributed by atoms with Crippen molar-refractivity contribution in [2.45, 2.75) is 90.3 Å². The number of anilines is 1. The minimum atomic E-state index is 0.187. The van der Waals surface area contributed by atoms with Crippen LogP contribution in [0, 0.1) is 17.3 Å². The van der Waals surface area contributed by atoms with Gasteiger partial charge in [0.1, 0.15) is 5.78 Å². The summed E-state index contributed by atoms with van der Waals surface area (Å²) in [5.74, 6) is 2.51. The van der Waals surface area contributed by atoms with Crippen molar-refractivity contribution in [3.8, 4) is 0 Å². The lowest BCUT2D eigenvalue weighted by Gasteiger charge is -2.57. The number of hydrogen-bond acceptors (Lipinski definition) is 5. The van der Waals surface area contributed by atoms with E-state index >= 15 is 0 Å². The predicted molar refractivity (Wildman–Crippen MR) is 115 cm³/mol. The van der Waals surface area contributed by atoms with Crippen LogP contribution in [0.25, 0.3) is 0 Å². The van der Waals surface area contributed by atoms with E-state index in [4.69, 9.17) is 9.97 Å². The number of fused-ring (bicyclic) bond motifs is 2. The molecule has 158 valence electrons. The van der Waals surface area contributed by atoms with Gasteiger partial charge in [-0.3, -0.25) is 9.69 Å². The molecular formula is C24H36N4O. The lowest BCUT2D eigenvalue weighted by Crippen LogP contribution is -2.56. The molecule has 4 aliphatic rings. The third-order valence-corrected chi connectivity index (χ3v) is 8.29. The molecule has 2 saturated heterocycles. The summed E-state index contributed by atoms with van der Waals surface area (Å²) < 4.78 is 0. The maximum Gasteiger partial charge on any atom is 0.225 e. The Morgan fingerprint density at radius 2 is 1.59 bits per heavy atom. The van der Waals surface area contributed by atoms with Crippen LogP contribution in [0.2, 0.25) is 0 Å². The topological polar surface area (TPSA) is 49.3 Å². The zero-order valence-electron chi connectivity index (χ0n) is 18.5. The fraction of sp³-hybridized carbons (Fsp3) is 0.792. The van der Waals surface area contributed by atoms with Crippen LogP contribution in [-0.4, -0.2) is 51.9 Å². The summed E-state index contributed by atoms with van der Waals surface area (Å²) in [5, 5.41) is 0. The van der Waals surface area contributed by atoms with Crippen molar-refractivity contribution in [3.63, 3.8) is 0 Å². The first-order valence-electron chi connectivity index (χ1n) is 11.7. The average molecular weight is 397 g/mol. The van der Waals surface area contributed by atoms with Crippen molar-refractivity contribution < 1.29 is 4.79 Å². The molecule has 1 aromatic rings. The van der Waals surface area contributed by atoms with E-state index in [0.29, 0.717) is 41.2 Å². The third kappa shape index (κ3) is 3.30. The number of carbonyl (C=O) groups excluding carboxylic acids is 1. The highest BCUT2D eigenvalue weighted by Gasteiger charge is 2.55. The SMILES string of the molecule is CC(C)C(=O)C1CC2(C1)CC(c1cnc(N3C4CCC3CN(C(C)C)C4)nc1)C2. The van der Waals surface area contributed by atoms with Gasteiger partial charge in [-0.05, 0) is 69.3 Å². The van der Waals surface area contributed by atoms with Gasteiger partial charge in [-0.15, -0.1) is 0 Å². The van der Waals surface area contributed by atoms with Gasteiger partial charge in [-0.1, -0.05) is 13.8 Å². The Kier molecular flexibility index (Phi) is 4.73. The molecule has 3 heterocycles. The molecule has 1 spiro atoms. The van der Waals surface area contributed by atoms with Gasteiger partial charge in [0.15, 0.2) is 0 Å². The minimum absolute atomic E-state index is 0.187. The Morgan fingerprint density at radius 3 is 2.10 bits per heavy atom. The fourth-order valence-corrected chi connectivity index (χ4v) is 6.57. The molecule has 5 rings (SSSR count). The van der Waals surface area contributed by atoms with Crippen molar-refractivity contribution in [2.75, 3.05) is 18.0 Å². The fourth-order valence-electron chi connectivity index (χ4n) is 6.57. The van der Waals surface area contributed by atoms with E-state index < -0.39 is 0 Å². The van der Waals surface area contributed by atoms with Gasteiger partial charge in [0.2, 0.25) is 5.95 Å². The first-order chi connectivity index (χ1) is 13.8. The van der Waals surface area contributed by atoms with Crippen LogP contribution >= 0.6 is 0 Å². The monoisotopic (exact) mass is 396 g/mol. The molecule has 0 N–H and O–H groups in total. The van der Waals surface area contributed by atoms with Crippen LogP contribution in [0.3, 0.4) is 0 Å². The van der Waals surface area contributed by atoms with E-state index in [0.717, 1.165) is 31.9 Å². The molecule has 2 saturated carbocycles. The van der Waals surface area contributed by atoms with Gasteiger partial charge in [0.25, 0.3) is 0 Å². The number of Topliss-reactive ketones (excluding diaryl/α,β-unsaturated/α-hetero) is 1. The smallest absolute Gasteiger partial charge is 0.225 e. The van der Waals surface area contributed by atoms with Crippen LogP contribution in [0.1, 0.15) is 77.7 Å². The minimum Gasteiger partial charge on any atom is -0.332 e. The second kappa shape index (κ2) is 7.04. The van der Waals surface area contributed by atoms with E-state index in [1.807, 2.05) is 13.8 Å². The standard InChI is InChI=1S/C24H36N4O/c1-15(2)22(29)18-9-24(10-18)7-17(8-24)19-11-25-23(26-12-19)28-20-5-6-21(28)14-27(13-20)16(3)4/h11-12,15-18,20-21H,5-10,13-14H2,1-4H3. The van der Waals surface area contributed by atoms with Crippen LogP contribution < -0.4 is 4.90 Å². The highest BCUT2D eigenvalue weighted by Crippen LogP contribution is 2.64. The Bertz CT molecular complexity index is 746. The number of piperazine rings is 1. The number of ketones is 1. The van der Waals surface area contributed by atoms with E-state index in [1.54, 1.807) is 0 Å². The summed E-state index contributed by atoms with van der Waals surface area (Å²) in [6.07, 6.45) is 11.4. The van der Waals surface area contributed by atoms with E-state index in [9.17, 15) is 4.79 Å². The summed E-state index contributed by atoms with van der Waals surface area (Å²) in [7, 11) is 0. The summed E-state index contributed by atoms with van der Waals surface area (Å²) in [6, 6.07) is 1.76. The molecule has 5 heteroatoms. The van der Waals surface area contributed by atoms with E-state index in [2.05, 4.69) is 36.0 Å². The number of carbonyl (C=O) groups is 1. The van der Waals surface area contributed by atoms with Crippen molar-refractivity contribution in [2.24, 2.45) is 17.3 Å². The predicted octanol–water partition coefficient (Wildman–Crippen LogP) is 4.04. The molecule has 0 amide bonds. The number of hydrogen-bond donors (Lipinski definition) is 0. The molecule has 5 nitrogen and oxygen atoms in total. The molecule has 29 heavy (non-hydrogen) atoms. The van der Waals surface area contributed by atoms with Crippen LogP contribution in [-0.2, 0) is 4.79 Å². The largest absolute Gasteiger partial charge is 0.332 e. The quantitative estimate of drug-likeness (QED) is 0.752. The molecule has 2 aliphatic carbocycles. The number of likely N-dealkylation sites (tertiary alicyclic amines) is 1. The summed E-state index contributed by atoms with van der Waals surface area (Å²) in [5.41, 5.74) is 1.75. The normalized spacial score (nSPS) is 36.6. The van der Waals surface area contributed by atoms with Gasteiger partial charge in [0.05, 0.1) is 0 Å². The highest BCUT2D eigenvalue weighted by atomic mass is 16.1. The summed E-state index contributed by atoms with van der Waals surface area (Å²) >= 11 is 0. The van der Waals surface area contributed by atoms with Gasteiger partial charge < -0.3 is 4.90 Å². The zero-order valence-corrected chi connectivity index (χ0v) is 18.5. The molecular weight excluding hydrogens is 360 g/mol. The molecule has 0 radical (unpaired) electrons. The van der Waals surface area contributed by atoms with Gasteiger partial charge in [-0.25, -0.2) is 9.97 Å². The van der Waals surface area contributed by atoms with Crippen LogP contribution in [0.15, 0.2) is 12.4 Å². The zero-order chi connectivity index (χ0) is 20.3. The van der Waals surface area contributed by atoms with Crippen LogP contribution in [0.5, 0.6) is 0 Å². The Hall–Kier alpha value is -1.49. The highest BCUT2D eigenvalue weighted by molar-refractivity contribution is 5.83. The molecule has 1 aromatic heterocycles. The van der Waals surface area contributed by atoms with E-state index in [-0.39, 0.29) is 5.92 Å². The van der Waals surface area contributed by atoms with E-state index in [1.165, 1.54) is 31.2 Å². The van der Waals surface area contributed by atoms with Crippen LogP contribution in [0.4, 0.5) is 5.95 Å². The molecule has 2 bridgehead atoms. The van der Waals surface area contributed by atoms with Crippen molar-refractivity contribution >= 4 is 11.7 Å². The Balaban J connectivity index is 1.18. The van der Waals surface area contributed by atoms with Gasteiger partial charge >= 0.3 is 0 Å². The average Bonchev–Trinajstić information content (AvgIpc) is 2.88. The molecule has 0 aromatic carbocycles. The Morgan fingerprint density at radius 1 is 1.00 bits per heavy atom. The van der Waals surface area contributed by atoms with Crippen molar-refractivity contribution in [3.05, 3.63) is 18.0 Å². The number of aromatic nitrogens is 2. The van der Waals surface area contributed by atoms with Crippen molar-refractivity contribution in [1.82, 2.24) is 14.9 Å². The summed E-state index contributed by atoms with van der Waals surface area (Å²) in [4.78, 5) is 26.9. The maximum atomic E-state index is 12.2. The second-order valence-corrected chi connectivity index (χ2v) is 10.9. The lowest BCUT2D eigenvalue weighted by molar-refractivity contribution is -0.139. The Labute approximate surface area is 175 Å². The summed E-state index contributed by atoms with van der Waals surface area (Å²) in [6.45, 7) is 10.9. The molecule has 4 fully saturated rings. The molecule has 2 unspecified atom stereocenters. The lowest BCUT2D eigenvalue weighted by atomic mass is 9.46. The molecule has 2 atom stereocenters. The van der Waals surface area contributed by atoms with Crippen molar-refractivity contribution in [1.29, 1.82) is 0 Å². The van der Waals surface area contributed by atoms with Gasteiger partial charge in [-0.2, -0.15) is 0 Å². The number of nitrogens with zero attached hydrogens (tertiary/aromatic N) is 4. The maximum absolute atomic E-state index is 12.2.